The first kappa shape index (κ1) is 24.5. The number of likely N-dealkylation sites (tertiary alicyclic amines) is 1. The molecule has 6 heteroatoms. The van der Waals surface area contributed by atoms with Gasteiger partial charge in [-0.25, -0.2) is 0 Å². The smallest absolute Gasteiger partial charge is 0.251 e. The van der Waals surface area contributed by atoms with Gasteiger partial charge in [0.1, 0.15) is 5.75 Å². The number of nitrogens with one attached hydrogen (secondary N) is 1. The van der Waals surface area contributed by atoms with E-state index in [0.717, 1.165) is 22.4 Å². The largest absolute Gasteiger partial charge is 0.497 e. The molecule has 0 bridgehead atoms. The number of nitrogens with zero attached hydrogens (tertiary/aromatic N) is 2. The fourth-order valence-corrected chi connectivity index (χ4v) is 4.45. The number of carbonyl (C=O) groups is 2. The maximum Gasteiger partial charge on any atom is 0.251 e. The molecule has 1 saturated heterocycles. The molecule has 36 heavy (non-hydrogen) atoms. The summed E-state index contributed by atoms with van der Waals surface area (Å²) < 4.78 is 5.20. The van der Waals surface area contributed by atoms with Gasteiger partial charge in [-0.15, -0.1) is 5.73 Å². The predicted octanol–water partition coefficient (Wildman–Crippen LogP) is 4.72. The van der Waals surface area contributed by atoms with Crippen LogP contribution in [-0.4, -0.2) is 36.4 Å². The molecule has 180 valence electrons. The van der Waals surface area contributed by atoms with Crippen LogP contribution >= 0.6 is 0 Å². The molecular weight excluding hydrogens is 450 g/mol. The summed E-state index contributed by atoms with van der Waals surface area (Å²) in [5.74, 6) is 0.364. The first-order chi connectivity index (χ1) is 17.5. The molecule has 1 heterocycles. The zero-order valence-corrected chi connectivity index (χ0v) is 20.1. The molecule has 2 amide bonds. The van der Waals surface area contributed by atoms with Crippen molar-refractivity contribution in [2.24, 2.45) is 5.92 Å². The lowest BCUT2D eigenvalue weighted by atomic mass is 9.96. The molecule has 3 aromatic rings. The Morgan fingerprint density at radius 3 is 2.61 bits per heavy atom. The lowest BCUT2D eigenvalue weighted by molar-refractivity contribution is -0.128. The van der Waals surface area contributed by atoms with E-state index in [0.29, 0.717) is 30.6 Å². The summed E-state index contributed by atoms with van der Waals surface area (Å²) in [7, 11) is 1.62. The van der Waals surface area contributed by atoms with Gasteiger partial charge in [0, 0.05) is 31.0 Å². The van der Waals surface area contributed by atoms with Crippen LogP contribution in [-0.2, 0) is 11.3 Å². The van der Waals surface area contributed by atoms with Gasteiger partial charge in [0.2, 0.25) is 5.91 Å². The second-order valence-corrected chi connectivity index (χ2v) is 8.69. The van der Waals surface area contributed by atoms with Crippen LogP contribution in [0.1, 0.15) is 27.9 Å². The van der Waals surface area contributed by atoms with Crippen molar-refractivity contribution >= 4 is 11.8 Å². The Morgan fingerprint density at radius 2 is 1.94 bits per heavy atom. The summed E-state index contributed by atoms with van der Waals surface area (Å²) in [6.07, 6.45) is 2.01. The monoisotopic (exact) mass is 477 g/mol. The molecule has 3 aromatic carbocycles. The van der Waals surface area contributed by atoms with Crippen LogP contribution in [0.4, 0.5) is 0 Å². The first-order valence-electron chi connectivity index (χ1n) is 11.7. The molecule has 2 atom stereocenters. The number of ether oxygens (including phenoxy) is 1. The van der Waals surface area contributed by atoms with E-state index in [-0.39, 0.29) is 17.7 Å². The van der Waals surface area contributed by atoms with E-state index in [2.05, 4.69) is 23.7 Å². The van der Waals surface area contributed by atoms with Crippen molar-refractivity contribution in [1.82, 2.24) is 10.2 Å². The van der Waals surface area contributed by atoms with Gasteiger partial charge in [-0.2, -0.15) is 5.26 Å². The minimum atomic E-state index is -0.417. The van der Waals surface area contributed by atoms with Gasteiger partial charge in [-0.1, -0.05) is 55.1 Å². The third-order valence-electron chi connectivity index (χ3n) is 6.37. The highest BCUT2D eigenvalue weighted by Gasteiger charge is 2.34. The summed E-state index contributed by atoms with van der Waals surface area (Å²) in [5, 5.41) is 12.7. The van der Waals surface area contributed by atoms with E-state index in [1.165, 1.54) is 0 Å². The maximum atomic E-state index is 13.1. The van der Waals surface area contributed by atoms with Crippen LogP contribution in [0.15, 0.2) is 91.2 Å². The molecule has 0 saturated carbocycles. The van der Waals surface area contributed by atoms with Crippen molar-refractivity contribution in [2.45, 2.75) is 19.0 Å². The van der Waals surface area contributed by atoms with E-state index in [1.54, 1.807) is 36.3 Å². The van der Waals surface area contributed by atoms with E-state index < -0.39 is 6.04 Å². The van der Waals surface area contributed by atoms with Crippen molar-refractivity contribution in [3.05, 3.63) is 108 Å². The number of carbonyl (C=O) groups excluding carboxylic acids is 2. The Bertz CT molecular complexity index is 1340. The van der Waals surface area contributed by atoms with Gasteiger partial charge < -0.3 is 15.0 Å². The Kier molecular flexibility index (Phi) is 7.65. The molecule has 0 aromatic heterocycles. The van der Waals surface area contributed by atoms with Gasteiger partial charge in [-0.05, 0) is 47.0 Å². The highest BCUT2D eigenvalue weighted by atomic mass is 16.5. The Morgan fingerprint density at radius 1 is 1.19 bits per heavy atom. The topological polar surface area (TPSA) is 82.4 Å². The fourth-order valence-electron chi connectivity index (χ4n) is 4.45. The Balaban J connectivity index is 1.47. The first-order valence-corrected chi connectivity index (χ1v) is 11.7. The zero-order valence-electron chi connectivity index (χ0n) is 20.1. The van der Waals surface area contributed by atoms with Crippen molar-refractivity contribution in [3.8, 4) is 22.9 Å². The molecule has 0 spiro atoms. The third kappa shape index (κ3) is 5.55. The second kappa shape index (κ2) is 11.2. The van der Waals surface area contributed by atoms with Crippen molar-refractivity contribution in [2.75, 3.05) is 13.7 Å². The number of hydrogen-bond donors (Lipinski definition) is 1. The summed E-state index contributed by atoms with van der Waals surface area (Å²) in [4.78, 5) is 27.6. The molecule has 1 aliphatic heterocycles. The molecule has 1 aliphatic rings. The van der Waals surface area contributed by atoms with Crippen LogP contribution in [0.3, 0.4) is 0 Å². The Labute approximate surface area is 211 Å². The molecule has 6 nitrogen and oxygen atoms in total. The fraction of sp³-hybridized carbons (Fsp3) is 0.200. The summed E-state index contributed by atoms with van der Waals surface area (Å²) in [5.41, 5.74) is 6.26. The van der Waals surface area contributed by atoms with Crippen LogP contribution < -0.4 is 10.1 Å². The molecule has 0 radical (unpaired) electrons. The van der Waals surface area contributed by atoms with E-state index in [1.807, 2.05) is 54.6 Å². The van der Waals surface area contributed by atoms with Gasteiger partial charge in [-0.3, -0.25) is 9.59 Å². The summed E-state index contributed by atoms with van der Waals surface area (Å²) >= 11 is 0. The molecule has 2 unspecified atom stereocenters. The SMILES string of the molecule is C=C=CC(NC(=O)c1ccc(-c2ccccc2)c(C#N)c1)C1CC(=O)N(Cc2ccc(OC)cc2)C1. The van der Waals surface area contributed by atoms with Crippen molar-refractivity contribution in [3.63, 3.8) is 0 Å². The molecular formula is C30H27N3O3. The zero-order chi connectivity index (χ0) is 25.5. The quantitative estimate of drug-likeness (QED) is 0.476. The molecule has 0 aliphatic carbocycles. The number of nitriles is 1. The average Bonchev–Trinajstić information content (AvgIpc) is 3.28. The summed E-state index contributed by atoms with van der Waals surface area (Å²) in [6.45, 7) is 4.66. The number of rotatable bonds is 8. The van der Waals surface area contributed by atoms with E-state index in [4.69, 9.17) is 4.74 Å². The van der Waals surface area contributed by atoms with E-state index >= 15 is 0 Å². The highest BCUT2D eigenvalue weighted by Crippen LogP contribution is 2.26. The molecule has 1 N–H and O–H groups in total. The van der Waals surface area contributed by atoms with Crippen LogP contribution in [0.25, 0.3) is 11.1 Å². The van der Waals surface area contributed by atoms with Gasteiger partial charge in [0.25, 0.3) is 5.91 Å². The molecule has 4 rings (SSSR count). The predicted molar refractivity (Wildman–Crippen MR) is 138 cm³/mol. The standard InChI is InChI=1S/C30H27N3O3/c1-3-7-28(25-17-29(34)33(20-25)19-21-10-13-26(36-2)14-11-21)32-30(35)23-12-15-27(24(16-23)18-31)22-8-5-4-6-9-22/h4-16,25,28H,1,17,19-20H2,2H3,(H,32,35). The van der Waals surface area contributed by atoms with Crippen molar-refractivity contribution in [1.29, 1.82) is 5.26 Å². The highest BCUT2D eigenvalue weighted by molar-refractivity contribution is 5.96. The number of methoxy groups -OCH3 is 1. The van der Waals surface area contributed by atoms with Crippen LogP contribution in [0, 0.1) is 17.2 Å². The average molecular weight is 478 g/mol. The molecule has 1 fully saturated rings. The van der Waals surface area contributed by atoms with E-state index in [9.17, 15) is 14.9 Å². The van der Waals surface area contributed by atoms with Crippen LogP contribution in [0.2, 0.25) is 0 Å². The minimum absolute atomic E-state index is 0.0338. The van der Waals surface area contributed by atoms with Gasteiger partial charge in [0.05, 0.1) is 24.8 Å². The number of hydrogen-bond acceptors (Lipinski definition) is 4. The summed E-state index contributed by atoms with van der Waals surface area (Å²) in [6, 6.07) is 24.1. The third-order valence-corrected chi connectivity index (χ3v) is 6.37. The normalized spacial score (nSPS) is 15.5. The maximum absolute atomic E-state index is 13.1. The lowest BCUT2D eigenvalue weighted by Crippen LogP contribution is -2.40. The van der Waals surface area contributed by atoms with Crippen LogP contribution in [0.5, 0.6) is 5.75 Å². The second-order valence-electron chi connectivity index (χ2n) is 8.69. The lowest BCUT2D eigenvalue weighted by Gasteiger charge is -2.22. The van der Waals surface area contributed by atoms with Gasteiger partial charge >= 0.3 is 0 Å². The Hall–Kier alpha value is -4.59. The number of amides is 2. The van der Waals surface area contributed by atoms with Crippen molar-refractivity contribution < 1.29 is 14.3 Å². The minimum Gasteiger partial charge on any atom is -0.497 e. The van der Waals surface area contributed by atoms with Gasteiger partial charge in [0.15, 0.2) is 0 Å². The number of benzene rings is 3.